The highest BCUT2D eigenvalue weighted by Crippen LogP contribution is 2.25. The normalized spacial score (nSPS) is 9.75. The van der Waals surface area contributed by atoms with Crippen molar-refractivity contribution < 1.29 is 9.72 Å². The van der Waals surface area contributed by atoms with E-state index in [4.69, 9.17) is 5.73 Å². The van der Waals surface area contributed by atoms with Crippen LogP contribution in [0.4, 0.5) is 5.69 Å². The van der Waals surface area contributed by atoms with Gasteiger partial charge in [-0.2, -0.15) is 4.37 Å². The predicted octanol–water partition coefficient (Wildman–Crippen LogP) is 0.459. The third-order valence-electron chi connectivity index (χ3n) is 1.24. The molecule has 0 aliphatic carbocycles. The summed E-state index contributed by atoms with van der Waals surface area (Å²) in [5.74, 6) is -0.813. The first kappa shape index (κ1) is 8.60. The molecule has 0 saturated carbocycles. The van der Waals surface area contributed by atoms with Crippen molar-refractivity contribution in [1.82, 2.24) is 4.37 Å². The summed E-state index contributed by atoms with van der Waals surface area (Å²) in [5.41, 5.74) is 4.83. The van der Waals surface area contributed by atoms with Gasteiger partial charge in [-0.25, -0.2) is 0 Å². The van der Waals surface area contributed by atoms with Crippen LogP contribution in [0, 0.1) is 17.0 Å². The molecule has 0 fully saturated rings. The van der Waals surface area contributed by atoms with Gasteiger partial charge < -0.3 is 5.73 Å². The number of aryl methyl sites for hydroxylation is 1. The molecule has 0 spiro atoms. The number of amides is 1. The molecule has 1 heterocycles. The van der Waals surface area contributed by atoms with Crippen molar-refractivity contribution in [2.24, 2.45) is 5.73 Å². The zero-order chi connectivity index (χ0) is 9.30. The molecular formula is C5H5N3O3S. The van der Waals surface area contributed by atoms with Crippen LogP contribution in [-0.2, 0) is 0 Å². The number of rotatable bonds is 2. The standard InChI is InChI=1S/C5H5N3O3S/c1-2-3(8(10)11)4(5(6)9)12-7-2/h1H3,(H2,6,9). The van der Waals surface area contributed by atoms with Crippen LogP contribution < -0.4 is 5.73 Å². The van der Waals surface area contributed by atoms with Gasteiger partial charge in [0.1, 0.15) is 5.69 Å². The van der Waals surface area contributed by atoms with Gasteiger partial charge in [-0.1, -0.05) is 0 Å². The fourth-order valence-electron chi connectivity index (χ4n) is 0.742. The Labute approximate surface area is 71.3 Å². The number of hydrogen-bond acceptors (Lipinski definition) is 5. The van der Waals surface area contributed by atoms with E-state index < -0.39 is 10.8 Å². The van der Waals surface area contributed by atoms with Crippen molar-refractivity contribution in [1.29, 1.82) is 0 Å². The molecule has 12 heavy (non-hydrogen) atoms. The minimum Gasteiger partial charge on any atom is -0.365 e. The van der Waals surface area contributed by atoms with Crippen molar-refractivity contribution in [2.45, 2.75) is 6.92 Å². The maximum atomic E-state index is 10.6. The van der Waals surface area contributed by atoms with E-state index in [-0.39, 0.29) is 16.3 Å². The Bertz CT molecular complexity index is 346. The molecule has 1 aromatic heterocycles. The van der Waals surface area contributed by atoms with Crippen molar-refractivity contribution in [3.8, 4) is 0 Å². The molecule has 0 aliphatic rings. The van der Waals surface area contributed by atoms with E-state index in [9.17, 15) is 14.9 Å². The number of nitro groups is 1. The molecule has 1 rings (SSSR count). The molecule has 0 aromatic carbocycles. The lowest BCUT2D eigenvalue weighted by molar-refractivity contribution is -0.385. The number of nitrogens with zero attached hydrogens (tertiary/aromatic N) is 2. The Balaban J connectivity index is 3.31. The number of nitrogens with two attached hydrogens (primary N) is 1. The topological polar surface area (TPSA) is 99.1 Å². The van der Waals surface area contributed by atoms with E-state index in [0.717, 1.165) is 11.5 Å². The SMILES string of the molecule is Cc1nsc(C(N)=O)c1[N+](=O)[O-]. The van der Waals surface area contributed by atoms with Gasteiger partial charge in [0.25, 0.3) is 5.91 Å². The summed E-state index contributed by atoms with van der Waals surface area (Å²) in [5, 5.41) is 10.4. The lowest BCUT2D eigenvalue weighted by Crippen LogP contribution is -2.10. The van der Waals surface area contributed by atoms with Gasteiger partial charge in [0.2, 0.25) is 0 Å². The summed E-state index contributed by atoms with van der Waals surface area (Å²) in [6.07, 6.45) is 0. The van der Waals surface area contributed by atoms with Crippen molar-refractivity contribution in [3.05, 3.63) is 20.7 Å². The molecule has 0 radical (unpaired) electrons. The largest absolute Gasteiger partial charge is 0.365 e. The molecule has 7 heteroatoms. The van der Waals surface area contributed by atoms with Gasteiger partial charge in [-0.3, -0.25) is 14.9 Å². The first-order chi connectivity index (χ1) is 5.54. The Morgan fingerprint density at radius 3 is 2.67 bits per heavy atom. The van der Waals surface area contributed by atoms with Gasteiger partial charge in [0.15, 0.2) is 4.88 Å². The Kier molecular flexibility index (Phi) is 2.05. The molecule has 6 nitrogen and oxygen atoms in total. The summed E-state index contributed by atoms with van der Waals surface area (Å²) in [4.78, 5) is 20.2. The number of primary amides is 1. The van der Waals surface area contributed by atoms with Crippen LogP contribution in [0.25, 0.3) is 0 Å². The second kappa shape index (κ2) is 2.86. The molecule has 64 valence electrons. The zero-order valence-electron chi connectivity index (χ0n) is 6.10. The molecule has 0 atom stereocenters. The number of carbonyl (C=O) groups excluding carboxylic acids is 1. The first-order valence-electron chi connectivity index (χ1n) is 2.94. The minimum atomic E-state index is -0.813. The minimum absolute atomic E-state index is 0.0995. The van der Waals surface area contributed by atoms with Crippen LogP contribution in [0.3, 0.4) is 0 Å². The fourth-order valence-corrected chi connectivity index (χ4v) is 1.45. The Morgan fingerprint density at radius 1 is 1.75 bits per heavy atom. The number of carbonyl (C=O) groups is 1. The van der Waals surface area contributed by atoms with Crippen LogP contribution in [0.1, 0.15) is 15.4 Å². The average molecular weight is 187 g/mol. The van der Waals surface area contributed by atoms with Crippen molar-refractivity contribution in [3.63, 3.8) is 0 Å². The van der Waals surface area contributed by atoms with Gasteiger partial charge in [0, 0.05) is 0 Å². The van der Waals surface area contributed by atoms with E-state index in [1.165, 1.54) is 6.92 Å². The van der Waals surface area contributed by atoms with E-state index in [2.05, 4.69) is 4.37 Å². The average Bonchev–Trinajstić information content (AvgIpc) is 2.30. The first-order valence-corrected chi connectivity index (χ1v) is 3.72. The van der Waals surface area contributed by atoms with Crippen molar-refractivity contribution >= 4 is 23.1 Å². The molecule has 0 aliphatic heterocycles. The van der Waals surface area contributed by atoms with Crippen LogP contribution in [-0.4, -0.2) is 15.2 Å². The highest BCUT2D eigenvalue weighted by Gasteiger charge is 2.24. The Hall–Kier alpha value is -1.50. The van der Waals surface area contributed by atoms with Gasteiger partial charge in [-0.15, -0.1) is 0 Å². The van der Waals surface area contributed by atoms with Crippen LogP contribution >= 0.6 is 11.5 Å². The second-order valence-electron chi connectivity index (χ2n) is 2.07. The maximum absolute atomic E-state index is 10.6. The molecule has 0 saturated heterocycles. The van der Waals surface area contributed by atoms with Crippen LogP contribution in [0.5, 0.6) is 0 Å². The molecule has 2 N–H and O–H groups in total. The highest BCUT2D eigenvalue weighted by atomic mass is 32.1. The van der Waals surface area contributed by atoms with Gasteiger partial charge >= 0.3 is 5.69 Å². The zero-order valence-corrected chi connectivity index (χ0v) is 6.92. The van der Waals surface area contributed by atoms with Gasteiger partial charge in [0.05, 0.1) is 4.92 Å². The fraction of sp³-hybridized carbons (Fsp3) is 0.200. The van der Waals surface area contributed by atoms with E-state index in [1.807, 2.05) is 0 Å². The molecule has 1 amide bonds. The lowest BCUT2D eigenvalue weighted by Gasteiger charge is -1.88. The van der Waals surface area contributed by atoms with Crippen molar-refractivity contribution in [2.75, 3.05) is 0 Å². The summed E-state index contributed by atoms with van der Waals surface area (Å²) in [7, 11) is 0. The predicted molar refractivity (Wildman–Crippen MR) is 42.0 cm³/mol. The smallest absolute Gasteiger partial charge is 0.315 e. The summed E-state index contributed by atoms with van der Waals surface area (Å²) in [6, 6.07) is 0. The lowest BCUT2D eigenvalue weighted by atomic mass is 10.3. The third kappa shape index (κ3) is 1.26. The highest BCUT2D eigenvalue weighted by molar-refractivity contribution is 7.08. The number of hydrogen-bond donors (Lipinski definition) is 1. The van der Waals surface area contributed by atoms with Crippen LogP contribution in [0.15, 0.2) is 0 Å². The van der Waals surface area contributed by atoms with E-state index in [1.54, 1.807) is 0 Å². The summed E-state index contributed by atoms with van der Waals surface area (Å²) in [6.45, 7) is 1.46. The molecule has 0 unspecified atom stereocenters. The maximum Gasteiger partial charge on any atom is 0.315 e. The molecular weight excluding hydrogens is 182 g/mol. The number of aromatic nitrogens is 1. The third-order valence-corrected chi connectivity index (χ3v) is 2.18. The summed E-state index contributed by atoms with van der Waals surface area (Å²) >= 11 is 0.746. The molecule has 0 bridgehead atoms. The van der Waals surface area contributed by atoms with E-state index in [0.29, 0.717) is 0 Å². The summed E-state index contributed by atoms with van der Waals surface area (Å²) < 4.78 is 3.66. The molecule has 1 aromatic rings. The van der Waals surface area contributed by atoms with E-state index >= 15 is 0 Å². The second-order valence-corrected chi connectivity index (χ2v) is 2.84. The van der Waals surface area contributed by atoms with Gasteiger partial charge in [-0.05, 0) is 18.5 Å². The monoisotopic (exact) mass is 187 g/mol. The Morgan fingerprint density at radius 2 is 2.33 bits per heavy atom. The quantitative estimate of drug-likeness (QED) is 0.536. The van der Waals surface area contributed by atoms with Crippen LogP contribution in [0.2, 0.25) is 0 Å².